The van der Waals surface area contributed by atoms with Gasteiger partial charge in [-0.3, -0.25) is 4.90 Å². The van der Waals surface area contributed by atoms with Gasteiger partial charge in [-0.1, -0.05) is 0 Å². The highest BCUT2D eigenvalue weighted by Crippen LogP contribution is 2.21. The summed E-state index contributed by atoms with van der Waals surface area (Å²) in [7, 11) is 0. The first kappa shape index (κ1) is 13.4. The second-order valence-electron chi connectivity index (χ2n) is 5.47. The van der Waals surface area contributed by atoms with E-state index in [0.717, 1.165) is 24.6 Å². The lowest BCUT2D eigenvalue weighted by Gasteiger charge is -2.42. The number of hydrogen-bond donors (Lipinski definition) is 1. The SMILES string of the molecule is Cc1ccnc(CN2CC(CO)OC(C)(C)C2)n1. The van der Waals surface area contributed by atoms with E-state index in [1.165, 1.54) is 0 Å². The van der Waals surface area contributed by atoms with Crippen LogP contribution in [0.25, 0.3) is 0 Å². The highest BCUT2D eigenvalue weighted by molar-refractivity contribution is 5.00. The van der Waals surface area contributed by atoms with Crippen molar-refractivity contribution in [2.24, 2.45) is 0 Å². The largest absolute Gasteiger partial charge is 0.394 e. The van der Waals surface area contributed by atoms with Crippen LogP contribution in [0.1, 0.15) is 25.4 Å². The summed E-state index contributed by atoms with van der Waals surface area (Å²) in [6.45, 7) is 8.33. The maximum atomic E-state index is 9.27. The molecule has 1 aliphatic heterocycles. The van der Waals surface area contributed by atoms with Crippen LogP contribution in [-0.2, 0) is 11.3 Å². The molecule has 0 aliphatic carbocycles. The predicted octanol–water partition coefficient (Wildman–Crippen LogP) is 0.757. The molecule has 2 rings (SSSR count). The van der Waals surface area contributed by atoms with Crippen LogP contribution >= 0.6 is 0 Å². The van der Waals surface area contributed by atoms with Crippen LogP contribution in [0.5, 0.6) is 0 Å². The van der Waals surface area contributed by atoms with Crippen molar-refractivity contribution in [3.8, 4) is 0 Å². The molecule has 0 saturated carbocycles. The fourth-order valence-electron chi connectivity index (χ4n) is 2.41. The zero-order valence-corrected chi connectivity index (χ0v) is 11.3. The van der Waals surface area contributed by atoms with Crippen molar-refractivity contribution in [3.63, 3.8) is 0 Å². The Morgan fingerprint density at radius 3 is 3.00 bits per heavy atom. The molecule has 1 fully saturated rings. The monoisotopic (exact) mass is 251 g/mol. The minimum Gasteiger partial charge on any atom is -0.394 e. The van der Waals surface area contributed by atoms with Gasteiger partial charge in [0.25, 0.3) is 0 Å². The van der Waals surface area contributed by atoms with E-state index in [9.17, 15) is 5.11 Å². The lowest BCUT2D eigenvalue weighted by Crippen LogP contribution is -2.53. The number of aliphatic hydroxyl groups is 1. The number of aromatic nitrogens is 2. The van der Waals surface area contributed by atoms with Crippen LogP contribution in [-0.4, -0.2) is 51.4 Å². The standard InChI is InChI=1S/C13H21N3O2/c1-10-4-5-14-12(15-10)7-16-6-11(8-17)18-13(2,3)9-16/h4-5,11,17H,6-9H2,1-3H3. The summed E-state index contributed by atoms with van der Waals surface area (Å²) < 4.78 is 5.78. The summed E-state index contributed by atoms with van der Waals surface area (Å²) in [5, 5.41) is 9.27. The van der Waals surface area contributed by atoms with E-state index in [2.05, 4.69) is 14.9 Å². The van der Waals surface area contributed by atoms with Crippen LogP contribution in [0.4, 0.5) is 0 Å². The molecule has 2 heterocycles. The zero-order chi connectivity index (χ0) is 13.2. The molecule has 0 amide bonds. The van der Waals surface area contributed by atoms with Crippen LogP contribution in [0.3, 0.4) is 0 Å². The van der Waals surface area contributed by atoms with Gasteiger partial charge < -0.3 is 9.84 Å². The van der Waals surface area contributed by atoms with E-state index in [1.54, 1.807) is 6.20 Å². The van der Waals surface area contributed by atoms with Gasteiger partial charge in [0.2, 0.25) is 0 Å². The molecular formula is C13H21N3O2. The third-order valence-corrected chi connectivity index (χ3v) is 2.97. The van der Waals surface area contributed by atoms with Crippen molar-refractivity contribution in [3.05, 3.63) is 23.8 Å². The molecule has 1 atom stereocenters. The van der Waals surface area contributed by atoms with Gasteiger partial charge in [-0.2, -0.15) is 0 Å². The highest BCUT2D eigenvalue weighted by atomic mass is 16.5. The molecule has 0 spiro atoms. The number of rotatable bonds is 3. The van der Waals surface area contributed by atoms with Gasteiger partial charge >= 0.3 is 0 Å². The normalized spacial score (nSPS) is 24.1. The number of morpholine rings is 1. The molecular weight excluding hydrogens is 230 g/mol. The first-order valence-corrected chi connectivity index (χ1v) is 6.28. The molecule has 1 aromatic heterocycles. The molecule has 1 unspecified atom stereocenters. The van der Waals surface area contributed by atoms with Crippen LogP contribution in [0.2, 0.25) is 0 Å². The summed E-state index contributed by atoms with van der Waals surface area (Å²) in [4.78, 5) is 10.9. The summed E-state index contributed by atoms with van der Waals surface area (Å²) in [5.41, 5.74) is 0.737. The molecule has 1 N–H and O–H groups in total. The van der Waals surface area contributed by atoms with Gasteiger partial charge in [-0.25, -0.2) is 9.97 Å². The Labute approximate surface area is 108 Å². The molecule has 1 aromatic rings. The molecule has 0 radical (unpaired) electrons. The lowest BCUT2D eigenvalue weighted by atomic mass is 10.1. The Morgan fingerprint density at radius 1 is 1.56 bits per heavy atom. The Morgan fingerprint density at radius 2 is 2.33 bits per heavy atom. The first-order chi connectivity index (χ1) is 8.48. The van der Waals surface area contributed by atoms with Gasteiger partial charge in [0.15, 0.2) is 0 Å². The highest BCUT2D eigenvalue weighted by Gasteiger charge is 2.33. The molecule has 1 aliphatic rings. The number of aliphatic hydroxyl groups excluding tert-OH is 1. The van der Waals surface area contributed by atoms with Crippen LogP contribution in [0, 0.1) is 6.92 Å². The summed E-state index contributed by atoms with van der Waals surface area (Å²) in [6, 6.07) is 1.89. The van der Waals surface area contributed by atoms with Crippen molar-refractivity contribution in [1.82, 2.24) is 14.9 Å². The van der Waals surface area contributed by atoms with Crippen LogP contribution < -0.4 is 0 Å². The number of nitrogens with zero attached hydrogens (tertiary/aromatic N) is 3. The van der Waals surface area contributed by atoms with E-state index in [1.807, 2.05) is 26.8 Å². The van der Waals surface area contributed by atoms with E-state index in [-0.39, 0.29) is 18.3 Å². The molecule has 1 saturated heterocycles. The third kappa shape index (κ3) is 3.48. The quantitative estimate of drug-likeness (QED) is 0.859. The lowest BCUT2D eigenvalue weighted by molar-refractivity contribution is -0.151. The average Bonchev–Trinajstić information content (AvgIpc) is 2.26. The number of hydrogen-bond acceptors (Lipinski definition) is 5. The average molecular weight is 251 g/mol. The Bertz CT molecular complexity index is 409. The van der Waals surface area contributed by atoms with Crippen molar-refractivity contribution >= 4 is 0 Å². The molecule has 18 heavy (non-hydrogen) atoms. The predicted molar refractivity (Wildman–Crippen MR) is 68.1 cm³/mol. The van der Waals surface area contributed by atoms with Gasteiger partial charge in [0, 0.05) is 25.0 Å². The second-order valence-corrected chi connectivity index (χ2v) is 5.47. The maximum Gasteiger partial charge on any atom is 0.142 e. The van der Waals surface area contributed by atoms with Crippen molar-refractivity contribution in [2.45, 2.75) is 39.0 Å². The smallest absolute Gasteiger partial charge is 0.142 e. The van der Waals surface area contributed by atoms with Gasteiger partial charge in [0.1, 0.15) is 5.82 Å². The topological polar surface area (TPSA) is 58.5 Å². The third-order valence-electron chi connectivity index (χ3n) is 2.97. The molecule has 0 bridgehead atoms. The summed E-state index contributed by atoms with van der Waals surface area (Å²) in [5.74, 6) is 0.824. The second kappa shape index (κ2) is 5.30. The first-order valence-electron chi connectivity index (χ1n) is 6.28. The van der Waals surface area contributed by atoms with Gasteiger partial charge in [-0.15, -0.1) is 0 Å². The van der Waals surface area contributed by atoms with Gasteiger partial charge in [0.05, 0.1) is 24.9 Å². The molecule has 0 aromatic carbocycles. The summed E-state index contributed by atoms with van der Waals surface area (Å²) >= 11 is 0. The van der Waals surface area contributed by atoms with E-state index in [0.29, 0.717) is 6.54 Å². The van der Waals surface area contributed by atoms with Crippen molar-refractivity contribution < 1.29 is 9.84 Å². The Balaban J connectivity index is 2.04. The van der Waals surface area contributed by atoms with E-state index < -0.39 is 0 Å². The molecule has 100 valence electrons. The van der Waals surface area contributed by atoms with Crippen molar-refractivity contribution in [1.29, 1.82) is 0 Å². The minimum absolute atomic E-state index is 0.0502. The van der Waals surface area contributed by atoms with E-state index in [4.69, 9.17) is 4.74 Å². The van der Waals surface area contributed by atoms with E-state index >= 15 is 0 Å². The number of ether oxygens (including phenoxy) is 1. The molecule has 5 nitrogen and oxygen atoms in total. The fraction of sp³-hybridized carbons (Fsp3) is 0.692. The number of aryl methyl sites for hydroxylation is 1. The molecule has 5 heteroatoms. The van der Waals surface area contributed by atoms with Gasteiger partial charge in [-0.05, 0) is 26.8 Å². The fourth-order valence-corrected chi connectivity index (χ4v) is 2.41. The van der Waals surface area contributed by atoms with Crippen LogP contribution in [0.15, 0.2) is 12.3 Å². The van der Waals surface area contributed by atoms with Crippen molar-refractivity contribution in [2.75, 3.05) is 19.7 Å². The zero-order valence-electron chi connectivity index (χ0n) is 11.3. The summed E-state index contributed by atoms with van der Waals surface area (Å²) in [6.07, 6.45) is 1.66. The minimum atomic E-state index is -0.241. The Kier molecular flexibility index (Phi) is 3.94. The Hall–Kier alpha value is -1.04. The maximum absolute atomic E-state index is 9.27.